The summed E-state index contributed by atoms with van der Waals surface area (Å²) in [6.07, 6.45) is 6.02. The van der Waals surface area contributed by atoms with Crippen LogP contribution in [0.25, 0.3) is 10.9 Å². The summed E-state index contributed by atoms with van der Waals surface area (Å²) in [6.45, 7) is 2.58. The van der Waals surface area contributed by atoms with Crippen molar-refractivity contribution in [3.8, 4) is 0 Å². The van der Waals surface area contributed by atoms with Crippen LogP contribution in [0.2, 0.25) is 0 Å². The number of aryl methyl sites for hydroxylation is 1. The second-order valence-corrected chi connectivity index (χ2v) is 7.79. The lowest BCUT2D eigenvalue weighted by molar-refractivity contribution is -0.118. The Labute approximate surface area is 174 Å². The minimum absolute atomic E-state index is 0.175. The molecule has 2 amide bonds. The third-order valence-corrected chi connectivity index (χ3v) is 5.60. The normalized spacial score (nSPS) is 14.6. The summed E-state index contributed by atoms with van der Waals surface area (Å²) in [5.41, 5.74) is 5.79. The van der Waals surface area contributed by atoms with Crippen molar-refractivity contribution in [3.05, 3.63) is 39.9 Å². The van der Waals surface area contributed by atoms with Crippen molar-refractivity contribution in [1.82, 2.24) is 9.88 Å². The van der Waals surface area contributed by atoms with Gasteiger partial charge in [-0.15, -0.1) is 0 Å². The summed E-state index contributed by atoms with van der Waals surface area (Å²) < 4.78 is 16.4. The SMILES string of the molecule is CCn1c(C(=O)NCCCC(N)=O)cc(=O)c2cc(F)c(NC3CCCCC3)cc21. The zero-order valence-electron chi connectivity index (χ0n) is 17.3. The first-order valence-electron chi connectivity index (χ1n) is 10.6. The van der Waals surface area contributed by atoms with E-state index in [-0.39, 0.29) is 30.1 Å². The van der Waals surface area contributed by atoms with Crippen molar-refractivity contribution in [2.45, 2.75) is 64.5 Å². The minimum Gasteiger partial charge on any atom is -0.380 e. The smallest absolute Gasteiger partial charge is 0.268 e. The summed E-state index contributed by atoms with van der Waals surface area (Å²) >= 11 is 0. The van der Waals surface area contributed by atoms with Crippen LogP contribution in [-0.4, -0.2) is 29.0 Å². The highest BCUT2D eigenvalue weighted by Crippen LogP contribution is 2.26. The van der Waals surface area contributed by atoms with Gasteiger partial charge < -0.3 is 20.9 Å². The Hall–Kier alpha value is -2.90. The van der Waals surface area contributed by atoms with Crippen molar-refractivity contribution in [2.24, 2.45) is 5.73 Å². The number of carbonyl (C=O) groups excluding carboxylic acids is 2. The highest BCUT2D eigenvalue weighted by atomic mass is 19.1. The van der Waals surface area contributed by atoms with E-state index in [2.05, 4.69) is 10.6 Å². The van der Waals surface area contributed by atoms with Gasteiger partial charge in [0.2, 0.25) is 5.91 Å². The number of primary amides is 1. The number of carbonyl (C=O) groups is 2. The van der Waals surface area contributed by atoms with Crippen LogP contribution >= 0.6 is 0 Å². The van der Waals surface area contributed by atoms with Crippen molar-refractivity contribution < 1.29 is 14.0 Å². The van der Waals surface area contributed by atoms with E-state index in [0.717, 1.165) is 25.7 Å². The number of aromatic nitrogens is 1. The van der Waals surface area contributed by atoms with Gasteiger partial charge in [-0.2, -0.15) is 0 Å². The first-order valence-corrected chi connectivity index (χ1v) is 10.6. The number of pyridine rings is 1. The van der Waals surface area contributed by atoms with Crippen LogP contribution in [0.5, 0.6) is 0 Å². The number of nitrogens with zero attached hydrogens (tertiary/aromatic N) is 1. The van der Waals surface area contributed by atoms with Crippen molar-refractivity contribution in [1.29, 1.82) is 0 Å². The van der Waals surface area contributed by atoms with E-state index in [1.807, 2.05) is 6.92 Å². The molecule has 8 heteroatoms. The lowest BCUT2D eigenvalue weighted by Gasteiger charge is -2.24. The first-order chi connectivity index (χ1) is 14.4. The maximum absolute atomic E-state index is 14.7. The lowest BCUT2D eigenvalue weighted by Crippen LogP contribution is -2.30. The second-order valence-electron chi connectivity index (χ2n) is 7.79. The number of nitrogens with two attached hydrogens (primary N) is 1. The molecule has 4 N–H and O–H groups in total. The molecule has 0 aliphatic heterocycles. The van der Waals surface area contributed by atoms with Gasteiger partial charge >= 0.3 is 0 Å². The highest BCUT2D eigenvalue weighted by Gasteiger charge is 2.19. The molecule has 0 unspecified atom stereocenters. The zero-order chi connectivity index (χ0) is 21.7. The maximum atomic E-state index is 14.7. The highest BCUT2D eigenvalue weighted by molar-refractivity contribution is 5.96. The Morgan fingerprint density at radius 2 is 1.93 bits per heavy atom. The predicted octanol–water partition coefficient (Wildman–Crippen LogP) is 2.90. The van der Waals surface area contributed by atoms with Crippen LogP contribution in [0.3, 0.4) is 0 Å². The Kier molecular flexibility index (Phi) is 7.07. The molecule has 0 spiro atoms. The fourth-order valence-electron chi connectivity index (χ4n) is 4.05. The van der Waals surface area contributed by atoms with Gasteiger partial charge in [-0.05, 0) is 38.3 Å². The quantitative estimate of drug-likeness (QED) is 0.575. The number of hydrogen-bond acceptors (Lipinski definition) is 4. The van der Waals surface area contributed by atoms with Crippen LogP contribution in [-0.2, 0) is 11.3 Å². The Morgan fingerprint density at radius 1 is 1.20 bits per heavy atom. The van der Waals surface area contributed by atoms with E-state index in [1.54, 1.807) is 10.6 Å². The topological polar surface area (TPSA) is 106 Å². The molecule has 2 aromatic rings. The summed E-state index contributed by atoms with van der Waals surface area (Å²) in [7, 11) is 0. The second kappa shape index (κ2) is 9.73. The number of benzene rings is 1. The zero-order valence-corrected chi connectivity index (χ0v) is 17.3. The van der Waals surface area contributed by atoms with Gasteiger partial charge in [0.05, 0.1) is 11.2 Å². The van der Waals surface area contributed by atoms with Gasteiger partial charge in [-0.3, -0.25) is 14.4 Å². The molecule has 162 valence electrons. The van der Waals surface area contributed by atoms with Gasteiger partial charge in [0.1, 0.15) is 11.5 Å². The molecular formula is C22H29FN4O3. The van der Waals surface area contributed by atoms with Crippen LogP contribution < -0.4 is 21.8 Å². The van der Waals surface area contributed by atoms with Gasteiger partial charge in [0, 0.05) is 37.0 Å². The molecule has 1 aromatic carbocycles. The largest absolute Gasteiger partial charge is 0.380 e. The summed E-state index contributed by atoms with van der Waals surface area (Å²) in [6, 6.07) is 4.34. The Balaban J connectivity index is 1.92. The van der Waals surface area contributed by atoms with E-state index in [9.17, 15) is 18.8 Å². The number of anilines is 1. The minimum atomic E-state index is -0.462. The molecule has 30 heavy (non-hydrogen) atoms. The van der Waals surface area contributed by atoms with Crippen LogP contribution in [0, 0.1) is 5.82 Å². The Morgan fingerprint density at radius 3 is 2.60 bits per heavy atom. The van der Waals surface area contributed by atoms with E-state index < -0.39 is 23.1 Å². The number of amides is 2. The fourth-order valence-corrected chi connectivity index (χ4v) is 4.05. The third kappa shape index (κ3) is 4.98. The lowest BCUT2D eigenvalue weighted by atomic mass is 9.95. The van der Waals surface area contributed by atoms with Crippen LogP contribution in [0.4, 0.5) is 10.1 Å². The average Bonchev–Trinajstić information content (AvgIpc) is 2.72. The number of rotatable bonds is 8. The fraction of sp³-hybridized carbons (Fsp3) is 0.500. The number of hydrogen-bond donors (Lipinski definition) is 3. The van der Waals surface area contributed by atoms with Gasteiger partial charge in [0.15, 0.2) is 5.43 Å². The van der Waals surface area contributed by atoms with E-state index in [4.69, 9.17) is 5.73 Å². The summed E-state index contributed by atoms with van der Waals surface area (Å²) in [5, 5.41) is 6.24. The standard InChI is InChI=1S/C22H29FN4O3/c1-2-27-18-12-17(26-14-7-4-3-5-8-14)16(23)11-15(18)20(28)13-19(27)22(30)25-10-6-9-21(24)29/h11-14,26H,2-10H2,1H3,(H2,24,29)(H,25,30). The molecule has 7 nitrogen and oxygen atoms in total. The van der Waals surface area contributed by atoms with Crippen molar-refractivity contribution >= 4 is 28.4 Å². The molecule has 1 fully saturated rings. The van der Waals surface area contributed by atoms with E-state index >= 15 is 0 Å². The number of halogens is 1. The first kappa shape index (κ1) is 21.8. The van der Waals surface area contributed by atoms with Crippen molar-refractivity contribution in [3.63, 3.8) is 0 Å². The molecule has 0 saturated heterocycles. The number of fused-ring (bicyclic) bond motifs is 1. The van der Waals surface area contributed by atoms with Crippen molar-refractivity contribution in [2.75, 3.05) is 11.9 Å². The third-order valence-electron chi connectivity index (χ3n) is 5.60. The molecule has 1 aromatic heterocycles. The van der Waals surface area contributed by atoms with Gasteiger partial charge in [0.25, 0.3) is 5.91 Å². The molecule has 0 bridgehead atoms. The summed E-state index contributed by atoms with van der Waals surface area (Å²) in [4.78, 5) is 36.1. The molecule has 0 atom stereocenters. The van der Waals surface area contributed by atoms with Gasteiger partial charge in [-0.1, -0.05) is 19.3 Å². The average molecular weight is 416 g/mol. The molecule has 1 heterocycles. The van der Waals surface area contributed by atoms with Crippen LogP contribution in [0.1, 0.15) is 62.4 Å². The molecule has 0 radical (unpaired) electrons. The predicted molar refractivity (Wildman–Crippen MR) is 115 cm³/mol. The van der Waals surface area contributed by atoms with E-state index in [1.165, 1.54) is 18.6 Å². The van der Waals surface area contributed by atoms with E-state index in [0.29, 0.717) is 24.2 Å². The summed E-state index contributed by atoms with van der Waals surface area (Å²) in [5.74, 6) is -1.30. The monoisotopic (exact) mass is 416 g/mol. The Bertz CT molecular complexity index is 996. The van der Waals surface area contributed by atoms with Crippen LogP contribution in [0.15, 0.2) is 23.0 Å². The number of nitrogens with one attached hydrogen (secondary N) is 2. The maximum Gasteiger partial charge on any atom is 0.268 e. The molecule has 1 saturated carbocycles. The molecule has 1 aliphatic rings. The van der Waals surface area contributed by atoms with Gasteiger partial charge in [-0.25, -0.2) is 4.39 Å². The molecular weight excluding hydrogens is 387 g/mol. The molecule has 1 aliphatic carbocycles. The molecule has 3 rings (SSSR count).